The summed E-state index contributed by atoms with van der Waals surface area (Å²) >= 11 is 0. The minimum Gasteiger partial charge on any atom is -0.497 e. The van der Waals surface area contributed by atoms with E-state index < -0.39 is 0 Å². The summed E-state index contributed by atoms with van der Waals surface area (Å²) in [6.45, 7) is 5.00. The summed E-state index contributed by atoms with van der Waals surface area (Å²) in [4.78, 5) is 39.8. The van der Waals surface area contributed by atoms with Gasteiger partial charge >= 0.3 is 0 Å². The number of carbonyl (C=O) groups is 2. The summed E-state index contributed by atoms with van der Waals surface area (Å²) in [5.74, 6) is 3.02. The van der Waals surface area contributed by atoms with Crippen molar-refractivity contribution < 1.29 is 14.3 Å². The Kier molecular flexibility index (Phi) is 6.53. The molecule has 33 heavy (non-hydrogen) atoms. The normalized spacial score (nSPS) is 15.5. The van der Waals surface area contributed by atoms with E-state index in [1.807, 2.05) is 42.8 Å². The Morgan fingerprint density at radius 1 is 1.18 bits per heavy atom. The summed E-state index contributed by atoms with van der Waals surface area (Å²) in [6.07, 6.45) is 3.77. The second-order valence-electron chi connectivity index (χ2n) is 7.82. The van der Waals surface area contributed by atoms with E-state index in [0.29, 0.717) is 31.3 Å². The van der Waals surface area contributed by atoms with Crippen molar-refractivity contribution in [2.75, 3.05) is 37.0 Å². The highest BCUT2D eigenvalue weighted by molar-refractivity contribution is 6.00. The molecule has 10 heteroatoms. The van der Waals surface area contributed by atoms with Crippen LogP contribution in [0.3, 0.4) is 0 Å². The van der Waals surface area contributed by atoms with E-state index in [9.17, 15) is 9.59 Å². The van der Waals surface area contributed by atoms with Crippen LogP contribution in [-0.2, 0) is 9.59 Å². The van der Waals surface area contributed by atoms with Crippen LogP contribution in [0.15, 0.2) is 42.7 Å². The molecule has 3 heterocycles. The van der Waals surface area contributed by atoms with Crippen molar-refractivity contribution >= 4 is 23.3 Å². The second-order valence-corrected chi connectivity index (χ2v) is 7.82. The lowest BCUT2D eigenvalue weighted by Gasteiger charge is -2.17. The summed E-state index contributed by atoms with van der Waals surface area (Å²) < 4.78 is 7.04. The Labute approximate surface area is 192 Å². The number of hydrogen-bond donors (Lipinski definition) is 2. The van der Waals surface area contributed by atoms with Crippen molar-refractivity contribution in [3.8, 4) is 11.6 Å². The highest BCUT2D eigenvalue weighted by Crippen LogP contribution is 2.26. The fraction of sp³-hybridized carbons (Fsp3) is 0.348. The largest absolute Gasteiger partial charge is 0.497 e. The number of amides is 2. The molecular weight excluding hydrogens is 422 g/mol. The molecule has 1 atom stereocenters. The maximum Gasteiger partial charge on any atom is 0.227 e. The smallest absolute Gasteiger partial charge is 0.227 e. The van der Waals surface area contributed by atoms with Gasteiger partial charge in [0.05, 0.1) is 13.0 Å². The van der Waals surface area contributed by atoms with Crippen LogP contribution in [0.4, 0.5) is 11.5 Å². The van der Waals surface area contributed by atoms with Gasteiger partial charge in [-0.3, -0.25) is 14.2 Å². The number of nitrogens with zero attached hydrogens (tertiary/aromatic N) is 5. The molecule has 0 aliphatic carbocycles. The quantitative estimate of drug-likeness (QED) is 0.505. The molecule has 1 aliphatic heterocycles. The van der Waals surface area contributed by atoms with Crippen LogP contribution in [0.2, 0.25) is 0 Å². The number of carbonyl (C=O) groups excluding carboxylic acids is 2. The number of hydrogen-bond acceptors (Lipinski definition) is 7. The second kappa shape index (κ2) is 9.68. The van der Waals surface area contributed by atoms with E-state index in [1.54, 1.807) is 30.3 Å². The molecule has 0 bridgehead atoms. The predicted molar refractivity (Wildman–Crippen MR) is 124 cm³/mol. The van der Waals surface area contributed by atoms with Gasteiger partial charge in [0.15, 0.2) is 0 Å². The Hall–Kier alpha value is -3.95. The number of anilines is 2. The van der Waals surface area contributed by atoms with Gasteiger partial charge in [-0.05, 0) is 38.1 Å². The number of imidazole rings is 1. The summed E-state index contributed by atoms with van der Waals surface area (Å²) in [7, 11) is 1.59. The predicted octanol–water partition coefficient (Wildman–Crippen LogP) is 1.87. The average Bonchev–Trinajstić information content (AvgIpc) is 3.42. The molecule has 10 nitrogen and oxygen atoms in total. The van der Waals surface area contributed by atoms with Crippen LogP contribution in [-0.4, -0.2) is 58.1 Å². The molecule has 2 amide bonds. The number of rotatable bonds is 8. The van der Waals surface area contributed by atoms with Crippen LogP contribution in [0.1, 0.15) is 18.1 Å². The maximum absolute atomic E-state index is 12.6. The van der Waals surface area contributed by atoms with E-state index in [0.717, 1.165) is 23.1 Å². The summed E-state index contributed by atoms with van der Waals surface area (Å²) in [6, 6.07) is 9.09. The number of aromatic nitrogens is 4. The third-order valence-corrected chi connectivity index (χ3v) is 5.51. The van der Waals surface area contributed by atoms with E-state index >= 15 is 0 Å². The highest BCUT2D eigenvalue weighted by Gasteiger charge is 2.34. The highest BCUT2D eigenvalue weighted by atomic mass is 16.5. The summed E-state index contributed by atoms with van der Waals surface area (Å²) in [5, 5.41) is 6.13. The van der Waals surface area contributed by atoms with E-state index in [4.69, 9.17) is 4.74 Å². The monoisotopic (exact) mass is 449 g/mol. The van der Waals surface area contributed by atoms with Gasteiger partial charge < -0.3 is 20.3 Å². The Morgan fingerprint density at radius 2 is 1.97 bits per heavy atom. The number of nitrogens with one attached hydrogen (secondary N) is 2. The van der Waals surface area contributed by atoms with Gasteiger partial charge in [-0.2, -0.15) is 0 Å². The van der Waals surface area contributed by atoms with Crippen molar-refractivity contribution in [1.82, 2.24) is 24.8 Å². The number of benzene rings is 1. The first-order chi connectivity index (χ1) is 15.9. The molecule has 1 aromatic carbocycles. The van der Waals surface area contributed by atoms with Crippen LogP contribution in [0.5, 0.6) is 5.75 Å². The number of aryl methyl sites for hydroxylation is 2. The molecule has 1 aliphatic rings. The lowest BCUT2D eigenvalue weighted by Crippen LogP contribution is -2.35. The zero-order valence-corrected chi connectivity index (χ0v) is 18.9. The first-order valence-electron chi connectivity index (χ1n) is 10.8. The Morgan fingerprint density at radius 3 is 2.67 bits per heavy atom. The molecule has 172 valence electrons. The van der Waals surface area contributed by atoms with Crippen LogP contribution in [0.25, 0.3) is 5.82 Å². The van der Waals surface area contributed by atoms with Crippen molar-refractivity contribution in [3.63, 3.8) is 0 Å². The molecule has 0 radical (unpaired) electrons. The average molecular weight is 450 g/mol. The molecule has 0 unspecified atom stereocenters. The molecule has 1 fully saturated rings. The molecule has 0 spiro atoms. The van der Waals surface area contributed by atoms with Gasteiger partial charge in [0.1, 0.15) is 29.0 Å². The zero-order chi connectivity index (χ0) is 23.4. The standard InChI is InChI=1S/C23H27N7O3/c1-15-27-20(13-21(28-15)29-11-10-24-16(29)2)25-8-9-26-23(32)17-12-22(31)30(14-17)18-4-6-19(33-3)7-5-18/h4-7,10-11,13,17H,8-9,12,14H2,1-3H3,(H,26,32)(H,25,27,28)/t17-/m0/s1. The molecule has 2 N–H and O–H groups in total. The Balaban J connectivity index is 1.28. The Bertz CT molecular complexity index is 1140. The number of ether oxygens (including phenoxy) is 1. The first-order valence-corrected chi connectivity index (χ1v) is 10.8. The van der Waals surface area contributed by atoms with E-state index in [-0.39, 0.29) is 24.2 Å². The fourth-order valence-electron chi connectivity index (χ4n) is 3.80. The van der Waals surface area contributed by atoms with Crippen molar-refractivity contribution in [1.29, 1.82) is 0 Å². The zero-order valence-electron chi connectivity index (χ0n) is 18.9. The topological polar surface area (TPSA) is 114 Å². The van der Waals surface area contributed by atoms with Crippen molar-refractivity contribution in [3.05, 3.63) is 54.4 Å². The molecule has 4 rings (SSSR count). The maximum atomic E-state index is 12.6. The fourth-order valence-corrected chi connectivity index (χ4v) is 3.80. The molecule has 3 aromatic rings. The minimum absolute atomic E-state index is 0.0581. The lowest BCUT2D eigenvalue weighted by atomic mass is 10.1. The van der Waals surface area contributed by atoms with Crippen LogP contribution < -0.4 is 20.3 Å². The van der Waals surface area contributed by atoms with Crippen molar-refractivity contribution in [2.45, 2.75) is 20.3 Å². The van der Waals surface area contributed by atoms with E-state index in [1.165, 1.54) is 0 Å². The molecular formula is C23H27N7O3. The van der Waals surface area contributed by atoms with Crippen LogP contribution >= 0.6 is 0 Å². The van der Waals surface area contributed by atoms with Gasteiger partial charge in [-0.15, -0.1) is 0 Å². The summed E-state index contributed by atoms with van der Waals surface area (Å²) in [5.41, 5.74) is 0.765. The van der Waals surface area contributed by atoms with Gasteiger partial charge in [0, 0.05) is 50.2 Å². The molecule has 2 aromatic heterocycles. The van der Waals surface area contributed by atoms with Gasteiger partial charge in [0.25, 0.3) is 0 Å². The van der Waals surface area contributed by atoms with E-state index in [2.05, 4.69) is 25.6 Å². The molecule has 1 saturated heterocycles. The third-order valence-electron chi connectivity index (χ3n) is 5.51. The first kappa shape index (κ1) is 22.3. The van der Waals surface area contributed by atoms with Gasteiger partial charge in [-0.1, -0.05) is 0 Å². The van der Waals surface area contributed by atoms with Gasteiger partial charge in [-0.25, -0.2) is 15.0 Å². The van der Waals surface area contributed by atoms with Crippen LogP contribution in [0, 0.1) is 19.8 Å². The number of methoxy groups -OCH3 is 1. The minimum atomic E-state index is -0.378. The van der Waals surface area contributed by atoms with Gasteiger partial charge in [0.2, 0.25) is 11.8 Å². The van der Waals surface area contributed by atoms with Crippen molar-refractivity contribution in [2.24, 2.45) is 5.92 Å². The molecule has 0 saturated carbocycles. The lowest BCUT2D eigenvalue weighted by molar-refractivity contribution is -0.126. The third kappa shape index (κ3) is 5.11. The SMILES string of the molecule is COc1ccc(N2C[C@@H](C(=O)NCCNc3cc(-n4ccnc4C)nc(C)n3)CC2=O)cc1.